The molecule has 0 spiro atoms. The first-order valence-electron chi connectivity index (χ1n) is 12.3. The summed E-state index contributed by atoms with van der Waals surface area (Å²) in [7, 11) is 0. The molecule has 0 aliphatic carbocycles. The van der Waals surface area contributed by atoms with E-state index >= 15 is 0 Å². The molecule has 9 nitrogen and oxygen atoms in total. The van der Waals surface area contributed by atoms with Gasteiger partial charge in [0.1, 0.15) is 35.0 Å². The highest BCUT2D eigenvalue weighted by atomic mass is 19.4. The van der Waals surface area contributed by atoms with Crippen LogP contribution in [0.3, 0.4) is 0 Å². The van der Waals surface area contributed by atoms with E-state index in [1.165, 1.54) is 25.3 Å². The monoisotopic (exact) mass is 569 g/mol. The molecule has 5 rings (SSSR count). The number of nitrogens with zero attached hydrogens (tertiary/aromatic N) is 2. The standard InChI is InChI=1S/C28H23F4N5O4/c1-26(25(33)39)14-41-23-19(26)11-20(36-22(23)16-7-9-17(29)10-8-16)27(40,28(30,31)32)13-34-24(38)18-12-35-37-21(18)15-5-3-2-4-6-15/h2-12,40H,13-14H2,1H3,(H2,33,39)(H,34,38)(H,35,37)/t26-,27-/m0/s1. The van der Waals surface area contributed by atoms with Crippen LogP contribution in [0.5, 0.6) is 5.75 Å². The average molecular weight is 570 g/mol. The highest BCUT2D eigenvalue weighted by Crippen LogP contribution is 2.47. The third-order valence-electron chi connectivity index (χ3n) is 7.06. The summed E-state index contributed by atoms with van der Waals surface area (Å²) < 4.78 is 63.0. The van der Waals surface area contributed by atoms with Gasteiger partial charge in [0.15, 0.2) is 0 Å². The largest absolute Gasteiger partial charge is 0.489 e. The van der Waals surface area contributed by atoms with Gasteiger partial charge in [0.05, 0.1) is 17.8 Å². The van der Waals surface area contributed by atoms with Crippen molar-refractivity contribution < 1.29 is 37.0 Å². The second-order valence-electron chi connectivity index (χ2n) is 9.78. The van der Waals surface area contributed by atoms with E-state index in [0.717, 1.165) is 18.2 Å². The minimum atomic E-state index is -5.34. The van der Waals surface area contributed by atoms with Crippen molar-refractivity contribution in [3.63, 3.8) is 0 Å². The molecular formula is C28H23F4N5O4. The number of aliphatic hydroxyl groups is 1. The van der Waals surface area contributed by atoms with Crippen molar-refractivity contribution in [3.05, 3.63) is 89.5 Å². The molecule has 0 saturated heterocycles. The van der Waals surface area contributed by atoms with Gasteiger partial charge in [-0.2, -0.15) is 18.3 Å². The molecule has 1 aliphatic rings. The fourth-order valence-electron chi connectivity index (χ4n) is 4.52. The number of nitrogens with two attached hydrogens (primary N) is 1. The van der Waals surface area contributed by atoms with Gasteiger partial charge >= 0.3 is 6.18 Å². The molecule has 2 atom stereocenters. The minimum Gasteiger partial charge on any atom is -0.489 e. The summed E-state index contributed by atoms with van der Waals surface area (Å²) in [5.74, 6) is -2.45. The Morgan fingerprint density at radius 2 is 1.76 bits per heavy atom. The van der Waals surface area contributed by atoms with Gasteiger partial charge < -0.3 is 20.9 Å². The van der Waals surface area contributed by atoms with Crippen molar-refractivity contribution in [2.24, 2.45) is 5.73 Å². The molecule has 3 heterocycles. The second-order valence-corrected chi connectivity index (χ2v) is 9.78. The summed E-state index contributed by atoms with van der Waals surface area (Å²) in [6.45, 7) is -0.240. The van der Waals surface area contributed by atoms with Gasteiger partial charge in [-0.25, -0.2) is 9.37 Å². The molecule has 41 heavy (non-hydrogen) atoms. The molecular weight excluding hydrogens is 546 g/mol. The Labute approximate surface area is 230 Å². The molecule has 2 aromatic carbocycles. The number of amides is 2. The van der Waals surface area contributed by atoms with E-state index in [1.54, 1.807) is 30.3 Å². The van der Waals surface area contributed by atoms with Gasteiger partial charge in [0.25, 0.3) is 5.91 Å². The lowest BCUT2D eigenvalue weighted by molar-refractivity contribution is -0.265. The molecule has 1 aliphatic heterocycles. The summed E-state index contributed by atoms with van der Waals surface area (Å²) in [6, 6.07) is 14.1. The first-order valence-corrected chi connectivity index (χ1v) is 12.3. The maximum atomic E-state index is 14.6. The Morgan fingerprint density at radius 3 is 2.39 bits per heavy atom. The highest BCUT2D eigenvalue weighted by molar-refractivity contribution is 5.99. The predicted octanol–water partition coefficient (Wildman–Crippen LogP) is 3.59. The Hall–Kier alpha value is -4.78. The number of halogens is 4. The molecule has 212 valence electrons. The van der Waals surface area contributed by atoms with Crippen LogP contribution in [0.15, 0.2) is 66.9 Å². The van der Waals surface area contributed by atoms with E-state index in [0.29, 0.717) is 5.56 Å². The Morgan fingerprint density at radius 1 is 1.10 bits per heavy atom. The number of benzene rings is 2. The molecule has 2 amide bonds. The maximum absolute atomic E-state index is 14.6. The first-order chi connectivity index (χ1) is 19.3. The number of pyridine rings is 1. The van der Waals surface area contributed by atoms with Gasteiger partial charge in [-0.15, -0.1) is 0 Å². The summed E-state index contributed by atoms with van der Waals surface area (Å²) in [6.07, 6.45) is -4.12. The van der Waals surface area contributed by atoms with Crippen molar-refractivity contribution in [2.45, 2.75) is 24.1 Å². The quantitative estimate of drug-likeness (QED) is 0.251. The predicted molar refractivity (Wildman–Crippen MR) is 138 cm³/mol. The number of aromatic amines is 1. The summed E-state index contributed by atoms with van der Waals surface area (Å²) in [5.41, 5.74) is 0.0262. The third kappa shape index (κ3) is 4.78. The van der Waals surface area contributed by atoms with E-state index in [-0.39, 0.29) is 40.4 Å². The van der Waals surface area contributed by atoms with Gasteiger partial charge in [-0.05, 0) is 37.3 Å². The average Bonchev–Trinajstić information content (AvgIpc) is 3.57. The fourth-order valence-corrected chi connectivity index (χ4v) is 4.52. The smallest absolute Gasteiger partial charge is 0.424 e. The van der Waals surface area contributed by atoms with Crippen LogP contribution in [0.25, 0.3) is 22.5 Å². The number of ether oxygens (including phenoxy) is 1. The van der Waals surface area contributed by atoms with E-state index in [2.05, 4.69) is 20.5 Å². The number of alkyl halides is 3. The second kappa shape index (κ2) is 10.0. The first kappa shape index (κ1) is 27.8. The molecule has 2 aromatic heterocycles. The maximum Gasteiger partial charge on any atom is 0.424 e. The van der Waals surface area contributed by atoms with Crippen molar-refractivity contribution in [3.8, 4) is 28.3 Å². The van der Waals surface area contributed by atoms with Crippen molar-refractivity contribution in [1.82, 2.24) is 20.5 Å². The van der Waals surface area contributed by atoms with Gasteiger partial charge in [-0.3, -0.25) is 14.7 Å². The zero-order valence-corrected chi connectivity index (χ0v) is 21.4. The van der Waals surface area contributed by atoms with Crippen molar-refractivity contribution in [2.75, 3.05) is 13.2 Å². The highest BCUT2D eigenvalue weighted by Gasteiger charge is 2.57. The number of hydrogen-bond donors (Lipinski definition) is 4. The SMILES string of the molecule is C[C@]1(C(N)=O)COc2c1cc([C@@](O)(CNC(=O)c1c[nH]nc1-c1ccccc1)C(F)(F)F)nc2-c1ccc(F)cc1. The van der Waals surface area contributed by atoms with Crippen LogP contribution in [0.1, 0.15) is 28.5 Å². The van der Waals surface area contributed by atoms with Crippen LogP contribution in [-0.4, -0.2) is 51.4 Å². The number of fused-ring (bicyclic) bond motifs is 1. The van der Waals surface area contributed by atoms with Crippen LogP contribution in [0.2, 0.25) is 0 Å². The Bertz CT molecular complexity index is 1620. The normalized spacial score (nSPS) is 17.8. The van der Waals surface area contributed by atoms with Gasteiger partial charge in [0.2, 0.25) is 11.5 Å². The molecule has 4 aromatic rings. The number of hydrogen-bond acceptors (Lipinski definition) is 6. The number of rotatable bonds is 7. The molecule has 0 fully saturated rings. The van der Waals surface area contributed by atoms with E-state index < -0.39 is 47.1 Å². The van der Waals surface area contributed by atoms with E-state index in [1.807, 2.05) is 0 Å². The lowest BCUT2D eigenvalue weighted by Gasteiger charge is -2.31. The molecule has 13 heteroatoms. The van der Waals surface area contributed by atoms with Gasteiger partial charge in [-0.1, -0.05) is 30.3 Å². The van der Waals surface area contributed by atoms with Crippen molar-refractivity contribution >= 4 is 11.8 Å². The van der Waals surface area contributed by atoms with Crippen LogP contribution < -0.4 is 15.8 Å². The minimum absolute atomic E-state index is 0.0267. The molecule has 0 saturated carbocycles. The topological polar surface area (TPSA) is 143 Å². The molecule has 5 N–H and O–H groups in total. The lowest BCUT2D eigenvalue weighted by Crippen LogP contribution is -2.51. The number of primary amides is 1. The molecule has 0 unspecified atom stereocenters. The van der Waals surface area contributed by atoms with Crippen LogP contribution in [0.4, 0.5) is 17.6 Å². The Balaban J connectivity index is 1.58. The zero-order chi connectivity index (χ0) is 29.6. The summed E-state index contributed by atoms with van der Waals surface area (Å²) >= 11 is 0. The number of nitrogens with one attached hydrogen (secondary N) is 2. The van der Waals surface area contributed by atoms with E-state index in [4.69, 9.17) is 10.5 Å². The van der Waals surface area contributed by atoms with Crippen LogP contribution in [-0.2, 0) is 15.8 Å². The molecule has 0 radical (unpaired) electrons. The fraction of sp³-hybridized carbons (Fsp3) is 0.214. The Kier molecular flexibility index (Phi) is 6.77. The number of carbonyl (C=O) groups excluding carboxylic acids is 2. The van der Waals surface area contributed by atoms with Crippen LogP contribution in [0, 0.1) is 5.82 Å². The number of carbonyl (C=O) groups is 2. The number of aromatic nitrogens is 3. The number of H-pyrrole nitrogens is 1. The lowest BCUT2D eigenvalue weighted by atomic mass is 9.81. The molecule has 0 bridgehead atoms. The summed E-state index contributed by atoms with van der Waals surface area (Å²) in [5, 5.41) is 19.8. The van der Waals surface area contributed by atoms with Crippen molar-refractivity contribution in [1.29, 1.82) is 0 Å². The third-order valence-corrected chi connectivity index (χ3v) is 7.06. The zero-order valence-electron chi connectivity index (χ0n) is 21.4. The van der Waals surface area contributed by atoms with Gasteiger partial charge in [0, 0.05) is 22.9 Å². The van der Waals surface area contributed by atoms with E-state index in [9.17, 15) is 32.3 Å². The summed E-state index contributed by atoms with van der Waals surface area (Å²) in [4.78, 5) is 29.4. The van der Waals surface area contributed by atoms with Crippen LogP contribution >= 0.6 is 0 Å².